The van der Waals surface area contributed by atoms with Crippen LogP contribution in [0.15, 0.2) is 75.8 Å². The lowest BCUT2D eigenvalue weighted by Gasteiger charge is -2.11. The van der Waals surface area contributed by atoms with Gasteiger partial charge in [-0.05, 0) is 93.4 Å². The first-order valence-corrected chi connectivity index (χ1v) is 14.3. The summed E-state index contributed by atoms with van der Waals surface area (Å²) in [6.07, 6.45) is 3.64. The van der Waals surface area contributed by atoms with Crippen LogP contribution in [0.3, 0.4) is 0 Å². The van der Waals surface area contributed by atoms with Crippen molar-refractivity contribution in [3.63, 3.8) is 0 Å². The maximum Gasteiger partial charge on any atom is 0.344 e. The van der Waals surface area contributed by atoms with E-state index in [1.165, 1.54) is 11.8 Å². The number of thioether (sulfide) groups is 1. The number of rotatable bonds is 10. The van der Waals surface area contributed by atoms with Crippen LogP contribution in [0, 0.1) is 13.8 Å². The molecule has 1 aliphatic heterocycles. The summed E-state index contributed by atoms with van der Waals surface area (Å²) in [4.78, 5) is 30.2. The minimum Gasteiger partial charge on any atom is -0.506 e. The van der Waals surface area contributed by atoms with E-state index in [1.54, 1.807) is 50.4 Å². The van der Waals surface area contributed by atoms with Crippen molar-refractivity contribution in [3.8, 4) is 11.4 Å². The summed E-state index contributed by atoms with van der Waals surface area (Å²) in [6.45, 7) is 8.31. The molecule has 41 heavy (non-hydrogen) atoms. The molecule has 8 nitrogen and oxygen atoms in total. The molecule has 0 saturated heterocycles. The van der Waals surface area contributed by atoms with Crippen molar-refractivity contribution < 1.29 is 28.9 Å². The average molecular weight is 575 g/mol. The SMILES string of the molecule is CCCCOC(=O)c1ccc(-n2c(C)cc(/C=C3\SC(=Nc4ccc(OC)cc4)C(C(=O)OCC)=C3O)c2C)cc1. The maximum absolute atomic E-state index is 12.8. The number of nitrogens with zero attached hydrogens (tertiary/aromatic N) is 2. The van der Waals surface area contributed by atoms with E-state index < -0.39 is 5.97 Å². The first-order chi connectivity index (χ1) is 19.8. The van der Waals surface area contributed by atoms with Crippen molar-refractivity contribution in [2.24, 2.45) is 4.99 Å². The predicted molar refractivity (Wildman–Crippen MR) is 162 cm³/mol. The highest BCUT2D eigenvalue weighted by atomic mass is 32.2. The van der Waals surface area contributed by atoms with Gasteiger partial charge in [-0.2, -0.15) is 0 Å². The number of aliphatic imine (C=N–C) groups is 1. The highest BCUT2D eigenvalue weighted by molar-refractivity contribution is 8.18. The van der Waals surface area contributed by atoms with Crippen molar-refractivity contribution >= 4 is 40.5 Å². The first kappa shape index (κ1) is 29.7. The average Bonchev–Trinajstić information content (AvgIpc) is 3.42. The Hall–Kier alpha value is -4.24. The third kappa shape index (κ3) is 6.74. The third-order valence-corrected chi connectivity index (χ3v) is 7.54. The summed E-state index contributed by atoms with van der Waals surface area (Å²) in [5.74, 6) is -0.445. The fourth-order valence-electron chi connectivity index (χ4n) is 4.38. The molecule has 1 aromatic heterocycles. The van der Waals surface area contributed by atoms with E-state index in [1.807, 2.05) is 45.0 Å². The van der Waals surface area contributed by atoms with E-state index in [0.717, 1.165) is 35.5 Å². The van der Waals surface area contributed by atoms with Crippen LogP contribution in [0.25, 0.3) is 11.8 Å². The van der Waals surface area contributed by atoms with Gasteiger partial charge in [0.1, 0.15) is 22.1 Å². The van der Waals surface area contributed by atoms with E-state index in [4.69, 9.17) is 14.2 Å². The number of benzene rings is 2. The Bertz CT molecular complexity index is 1510. The molecule has 0 saturated carbocycles. The van der Waals surface area contributed by atoms with Gasteiger partial charge in [-0.25, -0.2) is 14.6 Å². The van der Waals surface area contributed by atoms with E-state index in [0.29, 0.717) is 33.6 Å². The molecule has 1 N–H and O–H groups in total. The summed E-state index contributed by atoms with van der Waals surface area (Å²) in [7, 11) is 1.59. The van der Waals surface area contributed by atoms with Gasteiger partial charge in [0.25, 0.3) is 0 Å². The minimum absolute atomic E-state index is 0.0362. The van der Waals surface area contributed by atoms with Gasteiger partial charge in [0.2, 0.25) is 0 Å². The molecule has 0 unspecified atom stereocenters. The second kappa shape index (κ2) is 13.4. The fraction of sp³-hybridized carbons (Fsp3) is 0.281. The summed E-state index contributed by atoms with van der Waals surface area (Å²) in [6, 6.07) is 16.4. The highest BCUT2D eigenvalue weighted by Crippen LogP contribution is 2.41. The molecule has 0 spiro atoms. The number of carbonyl (C=O) groups is 2. The van der Waals surface area contributed by atoms with Crippen molar-refractivity contribution in [3.05, 3.63) is 93.3 Å². The molecule has 1 aliphatic rings. The number of hydrogen-bond acceptors (Lipinski definition) is 8. The van der Waals surface area contributed by atoms with Crippen LogP contribution in [0.4, 0.5) is 5.69 Å². The lowest BCUT2D eigenvalue weighted by Crippen LogP contribution is -2.12. The Kier molecular flexibility index (Phi) is 9.73. The molecule has 0 aliphatic carbocycles. The number of unbranched alkanes of at least 4 members (excludes halogenated alkanes) is 1. The van der Waals surface area contributed by atoms with Gasteiger partial charge in [-0.1, -0.05) is 25.1 Å². The van der Waals surface area contributed by atoms with E-state index in [-0.39, 0.29) is 23.9 Å². The van der Waals surface area contributed by atoms with Crippen molar-refractivity contribution in [1.82, 2.24) is 4.57 Å². The smallest absolute Gasteiger partial charge is 0.344 e. The highest BCUT2D eigenvalue weighted by Gasteiger charge is 2.33. The molecule has 4 rings (SSSR count). The molecular weight excluding hydrogens is 540 g/mol. The van der Waals surface area contributed by atoms with Crippen LogP contribution in [0.5, 0.6) is 5.75 Å². The normalized spacial score (nSPS) is 15.0. The Morgan fingerprint density at radius 1 is 1.00 bits per heavy atom. The summed E-state index contributed by atoms with van der Waals surface area (Å²) >= 11 is 1.21. The third-order valence-electron chi connectivity index (χ3n) is 6.52. The zero-order chi connectivity index (χ0) is 29.5. The van der Waals surface area contributed by atoms with Crippen LogP contribution >= 0.6 is 11.8 Å². The first-order valence-electron chi connectivity index (χ1n) is 13.5. The van der Waals surface area contributed by atoms with Crippen LogP contribution in [-0.2, 0) is 14.3 Å². The number of aromatic nitrogens is 1. The minimum atomic E-state index is -0.632. The molecule has 2 aromatic carbocycles. The van der Waals surface area contributed by atoms with Crippen LogP contribution in [0.1, 0.15) is 54.0 Å². The molecule has 9 heteroatoms. The predicted octanol–water partition coefficient (Wildman–Crippen LogP) is 7.25. The van der Waals surface area contributed by atoms with E-state index >= 15 is 0 Å². The van der Waals surface area contributed by atoms with Crippen molar-refractivity contribution in [1.29, 1.82) is 0 Å². The number of ether oxygens (including phenoxy) is 3. The second-order valence-corrected chi connectivity index (χ2v) is 10.4. The molecule has 0 atom stereocenters. The molecule has 0 radical (unpaired) electrons. The Balaban J connectivity index is 1.65. The van der Waals surface area contributed by atoms with E-state index in [2.05, 4.69) is 9.56 Å². The lowest BCUT2D eigenvalue weighted by atomic mass is 10.1. The molecular formula is C32H34N2O6S. The maximum atomic E-state index is 12.8. The molecule has 3 aromatic rings. The van der Waals surface area contributed by atoms with Gasteiger partial charge in [0, 0.05) is 17.1 Å². The zero-order valence-corrected chi connectivity index (χ0v) is 24.7. The van der Waals surface area contributed by atoms with E-state index in [9.17, 15) is 14.7 Å². The van der Waals surface area contributed by atoms with Crippen LogP contribution in [-0.4, -0.2) is 47.0 Å². The van der Waals surface area contributed by atoms with Gasteiger partial charge in [-0.3, -0.25) is 0 Å². The number of esters is 2. The fourth-order valence-corrected chi connectivity index (χ4v) is 5.40. The van der Waals surface area contributed by atoms with Gasteiger partial charge in [0.05, 0.1) is 36.5 Å². The second-order valence-electron chi connectivity index (χ2n) is 9.37. The number of methoxy groups -OCH3 is 1. The Morgan fingerprint density at radius 3 is 2.34 bits per heavy atom. The van der Waals surface area contributed by atoms with Gasteiger partial charge in [0.15, 0.2) is 0 Å². The topological polar surface area (TPSA) is 99.4 Å². The number of hydrogen-bond donors (Lipinski definition) is 1. The number of aliphatic hydroxyl groups is 1. The summed E-state index contributed by atoms with van der Waals surface area (Å²) in [5.41, 5.74) is 4.81. The largest absolute Gasteiger partial charge is 0.506 e. The molecule has 0 bridgehead atoms. The Labute approximate surface area is 244 Å². The standard InChI is InChI=1S/C32H34N2O6S/c1-6-8-17-40-31(36)22-9-13-25(14-10-22)34-20(3)18-23(21(34)4)19-27-29(35)28(32(37)39-7-2)30(41-27)33-24-11-15-26(38-5)16-12-24/h9-16,18-19,35H,6-8,17H2,1-5H3/b27-19-,33-30?. The zero-order valence-electron chi connectivity index (χ0n) is 23.9. The lowest BCUT2D eigenvalue weighted by molar-refractivity contribution is -0.138. The van der Waals surface area contributed by atoms with Crippen molar-refractivity contribution in [2.45, 2.75) is 40.5 Å². The van der Waals surface area contributed by atoms with Crippen LogP contribution in [0.2, 0.25) is 0 Å². The molecule has 0 amide bonds. The van der Waals surface area contributed by atoms with Crippen LogP contribution < -0.4 is 4.74 Å². The molecule has 214 valence electrons. The monoisotopic (exact) mass is 574 g/mol. The number of carbonyl (C=O) groups excluding carboxylic acids is 2. The number of aryl methyl sites for hydroxylation is 1. The summed E-state index contributed by atoms with van der Waals surface area (Å²) in [5, 5.41) is 11.5. The van der Waals surface area contributed by atoms with Crippen molar-refractivity contribution in [2.75, 3.05) is 20.3 Å². The van der Waals surface area contributed by atoms with Gasteiger partial charge in [-0.15, -0.1) is 0 Å². The number of aliphatic hydroxyl groups excluding tert-OH is 1. The summed E-state index contributed by atoms with van der Waals surface area (Å²) < 4.78 is 17.8. The van der Waals surface area contributed by atoms with Gasteiger partial charge < -0.3 is 23.9 Å². The van der Waals surface area contributed by atoms with Gasteiger partial charge >= 0.3 is 11.9 Å². The Morgan fingerprint density at radius 2 is 1.71 bits per heavy atom. The quantitative estimate of drug-likeness (QED) is 0.201. The molecule has 2 heterocycles. The molecule has 0 fully saturated rings.